The Kier molecular flexibility index (Phi) is 6.84. The highest BCUT2D eigenvalue weighted by atomic mass is 127. The van der Waals surface area contributed by atoms with Gasteiger partial charge in [-0.3, -0.25) is 0 Å². The molecule has 0 atom stereocenters. The molecule has 1 N–H and O–H groups in total. The van der Waals surface area contributed by atoms with Gasteiger partial charge in [-0.15, -0.1) is 0 Å². The Hall–Kier alpha value is -3.08. The summed E-state index contributed by atoms with van der Waals surface area (Å²) in [5.41, 5.74) is 1.39. The Morgan fingerprint density at radius 1 is 1.13 bits per heavy atom. The van der Waals surface area contributed by atoms with Gasteiger partial charge in [-0.05, 0) is 40.3 Å². The highest BCUT2D eigenvalue weighted by molar-refractivity contribution is 14.1. The molecule has 2 aromatic rings. The molecule has 0 bridgehead atoms. The van der Waals surface area contributed by atoms with Gasteiger partial charge in [0.2, 0.25) is 0 Å². The lowest BCUT2D eigenvalue weighted by atomic mass is 10.1. The zero-order valence-electron chi connectivity index (χ0n) is 17.1. The quantitative estimate of drug-likeness (QED) is 0.257. The molecule has 1 saturated heterocycles. The number of ether oxygens (including phenoxy) is 4. The van der Waals surface area contributed by atoms with E-state index in [0.717, 1.165) is 5.56 Å². The van der Waals surface area contributed by atoms with Crippen LogP contribution in [0.3, 0.4) is 0 Å². The lowest BCUT2D eigenvalue weighted by Crippen LogP contribution is -2.42. The first-order chi connectivity index (χ1) is 14.7. The summed E-state index contributed by atoms with van der Waals surface area (Å²) in [4.78, 5) is 36.4. The van der Waals surface area contributed by atoms with Gasteiger partial charge in [0, 0.05) is 23.6 Å². The molecule has 0 spiro atoms. The van der Waals surface area contributed by atoms with Crippen LogP contribution < -0.4 is 10.1 Å². The van der Waals surface area contributed by atoms with Crippen LogP contribution >= 0.6 is 22.6 Å². The maximum Gasteiger partial charge on any atom is 0.350 e. The molecule has 0 radical (unpaired) electrons. The first-order valence-electron chi connectivity index (χ1n) is 9.22. The van der Waals surface area contributed by atoms with Crippen LogP contribution in [0.25, 0.3) is 0 Å². The van der Waals surface area contributed by atoms with E-state index in [2.05, 4.69) is 5.32 Å². The standard InChI is InChI=1S/C22H20INO7/c1-22(2)30-20(26)15(21(27)31-22)11-24-18-16(23)9-14(19(25)28-3)10-17(18)29-12-13-7-5-4-6-8-13/h4-11,24H,12H2,1-3H3. The van der Waals surface area contributed by atoms with Crippen LogP contribution in [0, 0.1) is 3.57 Å². The van der Waals surface area contributed by atoms with E-state index in [1.807, 2.05) is 52.9 Å². The largest absolute Gasteiger partial charge is 0.487 e. The van der Waals surface area contributed by atoms with E-state index in [-0.39, 0.29) is 12.2 Å². The zero-order chi connectivity index (χ0) is 22.6. The Morgan fingerprint density at radius 3 is 2.39 bits per heavy atom. The lowest BCUT2D eigenvalue weighted by Gasteiger charge is -2.29. The first-order valence-corrected chi connectivity index (χ1v) is 10.3. The van der Waals surface area contributed by atoms with Crippen LogP contribution in [-0.2, 0) is 30.4 Å². The van der Waals surface area contributed by atoms with E-state index in [4.69, 9.17) is 18.9 Å². The van der Waals surface area contributed by atoms with Crippen LogP contribution in [0.1, 0.15) is 29.8 Å². The fraction of sp³-hybridized carbons (Fsp3) is 0.227. The van der Waals surface area contributed by atoms with E-state index in [0.29, 0.717) is 20.6 Å². The van der Waals surface area contributed by atoms with Gasteiger partial charge in [0.25, 0.3) is 5.79 Å². The van der Waals surface area contributed by atoms with Gasteiger partial charge in [0.15, 0.2) is 5.57 Å². The van der Waals surface area contributed by atoms with Crippen molar-refractivity contribution in [3.63, 3.8) is 0 Å². The minimum Gasteiger partial charge on any atom is -0.487 e. The summed E-state index contributed by atoms with van der Waals surface area (Å²) in [6.45, 7) is 3.18. The van der Waals surface area contributed by atoms with Gasteiger partial charge in [-0.1, -0.05) is 30.3 Å². The SMILES string of the molecule is COC(=O)c1cc(I)c(NC=C2C(=O)OC(C)(C)OC2=O)c(OCc2ccccc2)c1. The van der Waals surface area contributed by atoms with Gasteiger partial charge in [-0.25, -0.2) is 14.4 Å². The van der Waals surface area contributed by atoms with Gasteiger partial charge >= 0.3 is 17.9 Å². The van der Waals surface area contributed by atoms with Gasteiger partial charge in [0.1, 0.15) is 12.4 Å². The Morgan fingerprint density at radius 2 is 1.77 bits per heavy atom. The predicted octanol–water partition coefficient (Wildman–Crippen LogP) is 3.79. The smallest absolute Gasteiger partial charge is 0.350 e. The van der Waals surface area contributed by atoms with Crippen molar-refractivity contribution in [2.24, 2.45) is 0 Å². The van der Waals surface area contributed by atoms with Crippen LogP contribution in [0.5, 0.6) is 5.75 Å². The Balaban J connectivity index is 1.91. The minimum atomic E-state index is -1.33. The molecule has 1 heterocycles. The normalized spacial score (nSPS) is 14.9. The average molecular weight is 537 g/mol. The summed E-state index contributed by atoms with van der Waals surface area (Å²) in [6.07, 6.45) is 1.20. The topological polar surface area (TPSA) is 100 Å². The molecule has 2 aromatic carbocycles. The number of benzene rings is 2. The maximum atomic E-state index is 12.2. The second-order valence-electron chi connectivity index (χ2n) is 6.98. The molecule has 0 aliphatic carbocycles. The summed E-state index contributed by atoms with van der Waals surface area (Å²) in [5.74, 6) is -3.12. The van der Waals surface area contributed by atoms with Crippen LogP contribution in [0.4, 0.5) is 5.69 Å². The first kappa shape index (κ1) is 22.6. The maximum absolute atomic E-state index is 12.2. The number of hydrogen-bond acceptors (Lipinski definition) is 8. The number of methoxy groups -OCH3 is 1. The van der Waals surface area contributed by atoms with Crippen molar-refractivity contribution in [2.45, 2.75) is 26.2 Å². The average Bonchev–Trinajstić information content (AvgIpc) is 2.72. The Bertz CT molecular complexity index is 1030. The number of carbonyl (C=O) groups excluding carboxylic acids is 3. The van der Waals surface area contributed by atoms with Gasteiger partial charge in [0.05, 0.1) is 18.4 Å². The lowest BCUT2D eigenvalue weighted by molar-refractivity contribution is -0.222. The Labute approximate surface area is 192 Å². The van der Waals surface area contributed by atoms with Crippen molar-refractivity contribution in [3.8, 4) is 5.75 Å². The molecule has 8 nitrogen and oxygen atoms in total. The van der Waals surface area contributed by atoms with E-state index in [1.165, 1.54) is 33.2 Å². The van der Waals surface area contributed by atoms with Crippen LogP contribution in [0.2, 0.25) is 0 Å². The fourth-order valence-corrected chi connectivity index (χ4v) is 3.49. The van der Waals surface area contributed by atoms with Gasteiger partial charge < -0.3 is 24.3 Å². The number of rotatable bonds is 6. The molecule has 0 aromatic heterocycles. The summed E-state index contributed by atoms with van der Waals surface area (Å²) < 4.78 is 21.5. The number of anilines is 1. The monoisotopic (exact) mass is 537 g/mol. The van der Waals surface area contributed by atoms with E-state index < -0.39 is 23.7 Å². The molecule has 0 saturated carbocycles. The summed E-state index contributed by atoms with van der Waals surface area (Å²) in [5, 5.41) is 2.91. The third kappa shape index (κ3) is 5.54. The highest BCUT2D eigenvalue weighted by Crippen LogP contribution is 2.33. The van der Waals surface area contributed by atoms with Crippen molar-refractivity contribution < 1.29 is 33.3 Å². The van der Waals surface area contributed by atoms with E-state index in [9.17, 15) is 14.4 Å². The second-order valence-corrected chi connectivity index (χ2v) is 8.14. The molecule has 9 heteroatoms. The number of esters is 3. The van der Waals surface area contributed by atoms with E-state index >= 15 is 0 Å². The predicted molar refractivity (Wildman–Crippen MR) is 119 cm³/mol. The molecule has 162 valence electrons. The number of halogens is 1. The molecule has 31 heavy (non-hydrogen) atoms. The van der Waals surface area contributed by atoms with Crippen molar-refractivity contribution in [1.29, 1.82) is 0 Å². The number of carbonyl (C=O) groups is 3. The molecular formula is C22H20INO7. The fourth-order valence-electron chi connectivity index (χ4n) is 2.73. The molecule has 1 aliphatic rings. The van der Waals surface area contributed by atoms with Crippen molar-refractivity contribution in [1.82, 2.24) is 0 Å². The molecule has 0 amide bonds. The number of hydrogen-bond donors (Lipinski definition) is 1. The molecular weight excluding hydrogens is 517 g/mol. The third-order valence-corrected chi connectivity index (χ3v) is 5.04. The minimum absolute atomic E-state index is 0.241. The van der Waals surface area contributed by atoms with E-state index in [1.54, 1.807) is 6.07 Å². The zero-order valence-corrected chi connectivity index (χ0v) is 19.2. The summed E-state index contributed by atoms with van der Waals surface area (Å²) in [6, 6.07) is 12.6. The molecule has 0 unspecified atom stereocenters. The third-order valence-electron chi connectivity index (χ3n) is 4.19. The molecule has 1 fully saturated rings. The summed E-state index contributed by atoms with van der Waals surface area (Å²) in [7, 11) is 1.29. The van der Waals surface area contributed by atoms with Crippen LogP contribution in [-0.4, -0.2) is 30.8 Å². The van der Waals surface area contributed by atoms with Crippen molar-refractivity contribution >= 4 is 46.2 Å². The highest BCUT2D eigenvalue weighted by Gasteiger charge is 2.39. The number of nitrogens with one attached hydrogen (secondary N) is 1. The molecule has 1 aliphatic heterocycles. The number of cyclic esters (lactones) is 2. The molecule has 3 rings (SSSR count). The second kappa shape index (κ2) is 9.38. The van der Waals surface area contributed by atoms with Crippen LogP contribution in [0.15, 0.2) is 54.2 Å². The van der Waals surface area contributed by atoms with Gasteiger partial charge in [-0.2, -0.15) is 0 Å². The van der Waals surface area contributed by atoms with Crippen molar-refractivity contribution in [2.75, 3.05) is 12.4 Å². The summed E-state index contributed by atoms with van der Waals surface area (Å²) >= 11 is 2.01. The van der Waals surface area contributed by atoms with Crippen molar-refractivity contribution in [3.05, 3.63) is 68.9 Å².